The number of nitrogens with zero attached hydrogens (tertiary/aromatic N) is 1. The first-order valence-electron chi connectivity index (χ1n) is 13.8. The Morgan fingerprint density at radius 3 is 2.00 bits per heavy atom. The zero-order chi connectivity index (χ0) is 25.1. The molecule has 0 spiro atoms. The van der Waals surface area contributed by atoms with E-state index in [2.05, 4.69) is 53.3 Å². The van der Waals surface area contributed by atoms with E-state index in [0.717, 1.165) is 30.6 Å². The molecule has 1 aromatic rings. The number of benzene rings is 1. The predicted octanol–water partition coefficient (Wildman–Crippen LogP) is 9.56. The Balaban J connectivity index is 0.00000116. The third kappa shape index (κ3) is 8.35. The zero-order valence-corrected chi connectivity index (χ0v) is 22.9. The van der Waals surface area contributed by atoms with Gasteiger partial charge in [-0.2, -0.15) is 0 Å². The molecule has 2 unspecified atom stereocenters. The second-order valence-corrected chi connectivity index (χ2v) is 7.59. The Morgan fingerprint density at radius 2 is 1.42 bits per heavy atom. The lowest BCUT2D eigenvalue weighted by Gasteiger charge is -2.54. The van der Waals surface area contributed by atoms with E-state index in [9.17, 15) is 4.79 Å². The van der Waals surface area contributed by atoms with Crippen LogP contribution in [0.5, 0.6) is 0 Å². The van der Waals surface area contributed by atoms with E-state index >= 15 is 0 Å². The molecule has 0 bridgehead atoms. The number of carbonyl (C=O) groups excluding carboxylic acids is 1. The highest BCUT2D eigenvalue weighted by atomic mass is 16.1. The fourth-order valence-corrected chi connectivity index (χ4v) is 4.97. The van der Waals surface area contributed by atoms with E-state index in [4.69, 9.17) is 0 Å². The summed E-state index contributed by atoms with van der Waals surface area (Å²) < 4.78 is 0. The minimum atomic E-state index is 0.349. The predicted molar refractivity (Wildman–Crippen MR) is 148 cm³/mol. The van der Waals surface area contributed by atoms with Gasteiger partial charge >= 0.3 is 0 Å². The van der Waals surface area contributed by atoms with Gasteiger partial charge in [-0.25, -0.2) is 4.79 Å². The molecule has 1 heterocycles. The number of anilines is 1. The average Bonchev–Trinajstić information content (AvgIpc) is 3.19. The van der Waals surface area contributed by atoms with Crippen LogP contribution in [-0.2, 0) is 4.79 Å². The number of hydrogen-bond donors (Lipinski definition) is 0. The summed E-state index contributed by atoms with van der Waals surface area (Å²) in [4.78, 5) is 14.2. The van der Waals surface area contributed by atoms with Crippen molar-refractivity contribution in [1.82, 2.24) is 0 Å². The molecular weight excluding hydrogens is 402 g/mol. The Morgan fingerprint density at radius 1 is 0.818 bits per heavy atom. The molecule has 2 aliphatic carbocycles. The minimum Gasteiger partial charge on any atom is -0.328 e. The van der Waals surface area contributed by atoms with Gasteiger partial charge in [0.2, 0.25) is 0 Å². The monoisotopic (exact) mass is 453 g/mol. The highest BCUT2D eigenvalue weighted by molar-refractivity contribution is 5.73. The molecule has 2 atom stereocenters. The van der Waals surface area contributed by atoms with Crippen molar-refractivity contribution in [3.63, 3.8) is 0 Å². The van der Waals surface area contributed by atoms with Crippen molar-refractivity contribution >= 4 is 11.6 Å². The molecule has 0 aromatic heterocycles. The summed E-state index contributed by atoms with van der Waals surface area (Å²) in [6.07, 6.45) is 16.7. The first kappa shape index (κ1) is 30.9. The van der Waals surface area contributed by atoms with Gasteiger partial charge in [0.05, 0.1) is 6.04 Å². The van der Waals surface area contributed by atoms with E-state index < -0.39 is 0 Å². The summed E-state index contributed by atoms with van der Waals surface area (Å²) in [6.45, 7) is 16.0. The molecule has 186 valence electrons. The average molecular weight is 454 g/mol. The molecule has 1 saturated carbocycles. The van der Waals surface area contributed by atoms with Crippen LogP contribution in [0.2, 0.25) is 0 Å². The number of allylic oxidation sites excluding steroid dienone is 3. The fraction of sp³-hybridized carbons (Fsp3) is 0.613. The van der Waals surface area contributed by atoms with Gasteiger partial charge in [-0.15, -0.1) is 0 Å². The molecular formula is C31H51NO. The Hall–Kier alpha value is -2.05. The SMILES string of the molecule is CC.CC.CC.CC.O=C=C1C(C2CCCCC2)C(C2=CCC=CCC2)N1c1ccccc1. The molecule has 1 aromatic carbocycles. The molecule has 4 rings (SSSR count). The van der Waals surface area contributed by atoms with Crippen LogP contribution in [0.1, 0.15) is 107 Å². The number of hydrogen-bond acceptors (Lipinski definition) is 2. The topological polar surface area (TPSA) is 20.3 Å². The molecule has 2 fully saturated rings. The van der Waals surface area contributed by atoms with Crippen LogP contribution >= 0.6 is 0 Å². The van der Waals surface area contributed by atoms with Gasteiger partial charge in [-0.3, -0.25) is 0 Å². The summed E-state index contributed by atoms with van der Waals surface area (Å²) in [6, 6.07) is 10.8. The molecule has 0 amide bonds. The highest BCUT2D eigenvalue weighted by Gasteiger charge is 2.50. The van der Waals surface area contributed by atoms with E-state index in [1.165, 1.54) is 37.7 Å². The Bertz CT molecular complexity index is 706. The molecule has 0 radical (unpaired) electrons. The van der Waals surface area contributed by atoms with Crippen LogP contribution in [0.4, 0.5) is 5.69 Å². The molecule has 1 aliphatic heterocycles. The van der Waals surface area contributed by atoms with Crippen molar-refractivity contribution in [2.75, 3.05) is 4.90 Å². The molecule has 0 N–H and O–H groups in total. The fourth-order valence-electron chi connectivity index (χ4n) is 4.97. The molecule has 3 aliphatic rings. The Labute approximate surface area is 205 Å². The maximum Gasteiger partial charge on any atom is 0.146 e. The van der Waals surface area contributed by atoms with Gasteiger partial charge in [-0.1, -0.05) is 117 Å². The summed E-state index contributed by atoms with van der Waals surface area (Å²) >= 11 is 0. The number of para-hydroxylation sites is 1. The molecule has 1 saturated heterocycles. The summed E-state index contributed by atoms with van der Waals surface area (Å²) in [5, 5.41) is 0. The van der Waals surface area contributed by atoms with Gasteiger partial charge in [0.1, 0.15) is 11.6 Å². The van der Waals surface area contributed by atoms with E-state index in [-0.39, 0.29) is 0 Å². The highest BCUT2D eigenvalue weighted by Crippen LogP contribution is 2.50. The van der Waals surface area contributed by atoms with Crippen molar-refractivity contribution in [2.45, 2.75) is 113 Å². The molecule has 2 nitrogen and oxygen atoms in total. The van der Waals surface area contributed by atoms with Crippen molar-refractivity contribution in [1.29, 1.82) is 0 Å². The van der Waals surface area contributed by atoms with Crippen LogP contribution in [0, 0.1) is 11.8 Å². The van der Waals surface area contributed by atoms with E-state index in [1.807, 2.05) is 61.5 Å². The van der Waals surface area contributed by atoms with Crippen molar-refractivity contribution in [3.8, 4) is 0 Å². The first-order chi connectivity index (χ1) is 16.4. The summed E-state index contributed by atoms with van der Waals surface area (Å²) in [5.74, 6) is 3.34. The van der Waals surface area contributed by atoms with Crippen LogP contribution in [0.15, 0.2) is 59.8 Å². The summed E-state index contributed by atoms with van der Waals surface area (Å²) in [5.41, 5.74) is 3.54. The van der Waals surface area contributed by atoms with Crippen LogP contribution in [0.3, 0.4) is 0 Å². The van der Waals surface area contributed by atoms with E-state index in [1.54, 1.807) is 0 Å². The zero-order valence-electron chi connectivity index (χ0n) is 22.9. The maximum absolute atomic E-state index is 11.9. The largest absolute Gasteiger partial charge is 0.328 e. The molecule has 2 heteroatoms. The second-order valence-electron chi connectivity index (χ2n) is 7.59. The van der Waals surface area contributed by atoms with Crippen molar-refractivity contribution < 1.29 is 4.79 Å². The van der Waals surface area contributed by atoms with Gasteiger partial charge in [0.25, 0.3) is 0 Å². The molecule has 33 heavy (non-hydrogen) atoms. The summed E-state index contributed by atoms with van der Waals surface area (Å²) in [7, 11) is 0. The number of rotatable bonds is 3. The quantitative estimate of drug-likeness (QED) is 0.335. The van der Waals surface area contributed by atoms with Crippen LogP contribution < -0.4 is 4.90 Å². The van der Waals surface area contributed by atoms with Crippen molar-refractivity contribution in [2.24, 2.45) is 11.8 Å². The van der Waals surface area contributed by atoms with Gasteiger partial charge in [0, 0.05) is 11.6 Å². The van der Waals surface area contributed by atoms with E-state index in [0.29, 0.717) is 17.9 Å². The standard InChI is InChI=1S/C23H27NO.4C2H6/c25-17-21-22(18-11-7-3-8-12-18)23(19-13-5-1-2-6-14-19)24(21)20-15-9-4-10-16-20;4*1-2/h1-2,4,9-10,13,15-16,18,22-23H,3,5-8,11-12,14H2;4*1-2H3. The third-order valence-corrected chi connectivity index (χ3v) is 6.15. The minimum absolute atomic E-state index is 0.349. The maximum atomic E-state index is 11.9. The van der Waals surface area contributed by atoms with Gasteiger partial charge in [0.15, 0.2) is 0 Å². The van der Waals surface area contributed by atoms with Crippen molar-refractivity contribution in [3.05, 3.63) is 59.8 Å². The van der Waals surface area contributed by atoms with Gasteiger partial charge < -0.3 is 4.90 Å². The van der Waals surface area contributed by atoms with Crippen LogP contribution in [-0.4, -0.2) is 12.0 Å². The first-order valence-corrected chi connectivity index (χ1v) is 13.8. The van der Waals surface area contributed by atoms with Crippen LogP contribution in [0.25, 0.3) is 0 Å². The third-order valence-electron chi connectivity index (χ3n) is 6.15. The second kappa shape index (κ2) is 19.4. The lowest BCUT2D eigenvalue weighted by Crippen LogP contribution is -2.58. The van der Waals surface area contributed by atoms with Gasteiger partial charge in [-0.05, 0) is 50.2 Å². The smallest absolute Gasteiger partial charge is 0.146 e. The Kier molecular flexibility index (Phi) is 18.2. The lowest BCUT2D eigenvalue weighted by atomic mass is 9.67. The lowest BCUT2D eigenvalue weighted by molar-refractivity contribution is 0.211. The normalized spacial score (nSPS) is 21.4.